The first-order valence-corrected chi connectivity index (χ1v) is 19.3. The Morgan fingerprint density at radius 3 is 2.04 bits per heavy atom. The lowest BCUT2D eigenvalue weighted by Gasteiger charge is -2.39. The molecule has 17 heteroatoms. The highest BCUT2D eigenvalue weighted by atomic mass is 16.6. The van der Waals surface area contributed by atoms with Crippen molar-refractivity contribution in [1.29, 1.82) is 0 Å². The van der Waals surface area contributed by atoms with Crippen LogP contribution in [0.15, 0.2) is 0 Å². The number of hydrogen-bond donors (Lipinski definition) is 4. The highest BCUT2D eigenvalue weighted by Gasteiger charge is 2.42. The summed E-state index contributed by atoms with van der Waals surface area (Å²) in [6.45, 7) is 13.3. The number of carbonyl (C=O) groups excluding carboxylic acids is 4. The Kier molecular flexibility index (Phi) is 25.7. The fourth-order valence-corrected chi connectivity index (χ4v) is 7.07. The average molecular weight is 777 g/mol. The summed E-state index contributed by atoms with van der Waals surface area (Å²) in [5.41, 5.74) is 0. The average Bonchev–Trinajstić information content (AvgIpc) is 3.64. The first kappa shape index (κ1) is 49.5. The Bertz CT molecular complexity index is 1070. The number of nitrogens with two attached hydrogens (primary N) is 1. The van der Waals surface area contributed by atoms with Gasteiger partial charge < -0.3 is 54.1 Å². The van der Waals surface area contributed by atoms with Crippen molar-refractivity contribution in [1.82, 2.24) is 25.3 Å². The number of amides is 4. The van der Waals surface area contributed by atoms with Gasteiger partial charge in [0.05, 0.1) is 102 Å². The van der Waals surface area contributed by atoms with E-state index in [1.54, 1.807) is 23.8 Å². The number of rotatable bonds is 30. The number of ether oxygens (including phenoxy) is 5. The fraction of sp³-hybridized carbons (Fsp3) is 0.892. The van der Waals surface area contributed by atoms with Crippen molar-refractivity contribution in [2.24, 2.45) is 23.7 Å². The Morgan fingerprint density at radius 1 is 0.889 bits per heavy atom. The van der Waals surface area contributed by atoms with Crippen LogP contribution in [-0.2, 0) is 47.7 Å². The predicted octanol–water partition coefficient (Wildman–Crippen LogP) is 0.0279. The molecule has 7 atom stereocenters. The smallest absolute Gasteiger partial charge is 0.242 e. The maximum absolute atomic E-state index is 13.9. The van der Waals surface area contributed by atoms with Crippen LogP contribution in [0.3, 0.4) is 0 Å². The summed E-state index contributed by atoms with van der Waals surface area (Å²) in [7, 11) is 6.61. The van der Waals surface area contributed by atoms with E-state index >= 15 is 0 Å². The van der Waals surface area contributed by atoms with Crippen LogP contribution in [0.1, 0.15) is 60.3 Å². The molecule has 1 aliphatic heterocycles. The van der Waals surface area contributed by atoms with E-state index in [-0.39, 0.29) is 67.6 Å². The van der Waals surface area contributed by atoms with Crippen LogP contribution < -0.4 is 16.5 Å². The molecular formula is C37H72N6O11. The molecule has 0 radical (unpaired) electrons. The van der Waals surface area contributed by atoms with Crippen molar-refractivity contribution in [3.8, 4) is 0 Å². The van der Waals surface area contributed by atoms with Crippen LogP contribution in [-0.4, -0.2) is 181 Å². The molecule has 54 heavy (non-hydrogen) atoms. The van der Waals surface area contributed by atoms with Gasteiger partial charge in [0.2, 0.25) is 23.6 Å². The van der Waals surface area contributed by atoms with Gasteiger partial charge in [-0.25, -0.2) is 5.90 Å². The normalized spacial score (nSPS) is 17.9. The van der Waals surface area contributed by atoms with E-state index in [0.29, 0.717) is 65.8 Å². The highest BCUT2D eigenvalue weighted by Crippen LogP contribution is 2.29. The first-order chi connectivity index (χ1) is 25.8. The van der Waals surface area contributed by atoms with Crippen molar-refractivity contribution in [3.05, 3.63) is 0 Å². The number of likely N-dealkylation sites (tertiary alicyclic amines) is 1. The predicted molar refractivity (Wildman–Crippen MR) is 203 cm³/mol. The summed E-state index contributed by atoms with van der Waals surface area (Å²) in [5, 5.41) is 14.7. The van der Waals surface area contributed by atoms with E-state index in [1.165, 1.54) is 14.2 Å². The van der Waals surface area contributed by atoms with Crippen LogP contribution in [0, 0.1) is 17.8 Å². The molecule has 0 aliphatic carbocycles. The summed E-state index contributed by atoms with van der Waals surface area (Å²) in [6, 6.07) is -1.24. The number of methoxy groups -OCH3 is 2. The molecule has 316 valence electrons. The molecule has 1 saturated heterocycles. The van der Waals surface area contributed by atoms with Crippen molar-refractivity contribution < 1.29 is 52.8 Å². The van der Waals surface area contributed by atoms with Crippen molar-refractivity contribution in [2.45, 2.75) is 90.6 Å². The van der Waals surface area contributed by atoms with Crippen molar-refractivity contribution >= 4 is 23.6 Å². The van der Waals surface area contributed by atoms with Crippen LogP contribution in [0.4, 0.5) is 0 Å². The molecular weight excluding hydrogens is 704 g/mol. The zero-order valence-electron chi connectivity index (χ0n) is 34.4. The SMILES string of the molecule is CCC(C)C(C(CC(=O)N1CCCC1C(OC)C(C)C(=O)NCCO)OC)N(C)C(=O)CNC(=O)C(C(C)C)N(C)CCOCCOCCOCCON. The van der Waals surface area contributed by atoms with E-state index in [0.717, 1.165) is 12.8 Å². The van der Waals surface area contributed by atoms with Crippen molar-refractivity contribution in [3.63, 3.8) is 0 Å². The first-order valence-electron chi connectivity index (χ1n) is 19.3. The van der Waals surface area contributed by atoms with Crippen LogP contribution in [0.25, 0.3) is 0 Å². The Balaban J connectivity index is 2.82. The lowest BCUT2D eigenvalue weighted by molar-refractivity contribution is -0.146. The summed E-state index contributed by atoms with van der Waals surface area (Å²) < 4.78 is 28.1. The van der Waals surface area contributed by atoms with Crippen LogP contribution in [0.2, 0.25) is 0 Å². The molecule has 1 fully saturated rings. The number of hydrogen-bond acceptors (Lipinski definition) is 13. The lowest BCUT2D eigenvalue weighted by atomic mass is 9.90. The van der Waals surface area contributed by atoms with Crippen LogP contribution >= 0.6 is 0 Å². The molecule has 7 unspecified atom stereocenters. The third-order valence-electron chi connectivity index (χ3n) is 10.2. The number of nitrogens with one attached hydrogen (secondary N) is 2. The Morgan fingerprint density at radius 2 is 1.50 bits per heavy atom. The summed E-state index contributed by atoms with van der Waals surface area (Å²) >= 11 is 0. The highest BCUT2D eigenvalue weighted by molar-refractivity contribution is 5.87. The molecule has 1 heterocycles. The second kappa shape index (κ2) is 28.0. The molecule has 0 aromatic heterocycles. The number of nitrogens with zero attached hydrogens (tertiary/aromatic N) is 3. The van der Waals surface area contributed by atoms with Gasteiger partial charge in [0.15, 0.2) is 0 Å². The summed E-state index contributed by atoms with van der Waals surface area (Å²) in [4.78, 5) is 63.4. The van der Waals surface area contributed by atoms with Gasteiger partial charge in [0.1, 0.15) is 0 Å². The van der Waals surface area contributed by atoms with Gasteiger partial charge in [0.25, 0.3) is 0 Å². The zero-order valence-corrected chi connectivity index (χ0v) is 34.4. The van der Waals surface area contributed by atoms with Gasteiger partial charge in [-0.15, -0.1) is 0 Å². The lowest BCUT2D eigenvalue weighted by Crippen LogP contribution is -2.55. The Labute approximate surface area is 323 Å². The number of carbonyl (C=O) groups is 4. The standard InChI is InChI=1S/C37H72N6O11/c1-10-27(4)34(30(49-8)24-31(45)43-14-11-12-29(43)35(50-9)28(5)36(47)39-13-16-44)42(7)32(46)25-40-37(48)33(26(2)3)41(6)15-17-51-18-19-52-20-21-53-22-23-54-38/h26-30,33-35,44H,10-25,38H2,1-9H3,(H,39,47)(H,40,48). The number of aliphatic hydroxyl groups excluding tert-OH is 1. The molecule has 17 nitrogen and oxygen atoms in total. The van der Waals surface area contributed by atoms with E-state index in [9.17, 15) is 19.2 Å². The molecule has 5 N–H and O–H groups in total. The Hall–Kier alpha value is -2.48. The van der Waals surface area contributed by atoms with Gasteiger partial charge in [-0.3, -0.25) is 24.1 Å². The summed E-state index contributed by atoms with van der Waals surface area (Å²) in [6.07, 6.45) is 1.06. The van der Waals surface area contributed by atoms with Gasteiger partial charge in [-0.2, -0.15) is 0 Å². The quantitative estimate of drug-likeness (QED) is 0.0563. The number of likely N-dealkylation sites (N-methyl/N-ethyl adjacent to an activating group) is 2. The molecule has 4 amide bonds. The molecule has 0 saturated carbocycles. The molecule has 1 aliphatic rings. The topological polar surface area (TPSA) is 204 Å². The summed E-state index contributed by atoms with van der Waals surface area (Å²) in [5.74, 6) is 3.41. The maximum Gasteiger partial charge on any atom is 0.242 e. The second-order valence-electron chi connectivity index (χ2n) is 14.3. The minimum Gasteiger partial charge on any atom is -0.395 e. The second-order valence-corrected chi connectivity index (χ2v) is 14.3. The van der Waals surface area contributed by atoms with Gasteiger partial charge >= 0.3 is 0 Å². The van der Waals surface area contributed by atoms with E-state index in [1.807, 2.05) is 39.6 Å². The monoisotopic (exact) mass is 777 g/mol. The van der Waals surface area contributed by atoms with Gasteiger partial charge in [0, 0.05) is 40.9 Å². The fourth-order valence-electron chi connectivity index (χ4n) is 7.07. The third-order valence-corrected chi connectivity index (χ3v) is 10.2. The molecule has 0 aromatic carbocycles. The molecule has 0 aromatic rings. The van der Waals surface area contributed by atoms with E-state index in [4.69, 9.17) is 34.7 Å². The van der Waals surface area contributed by atoms with Gasteiger partial charge in [-0.1, -0.05) is 41.0 Å². The molecule has 1 rings (SSSR count). The third kappa shape index (κ3) is 16.7. The maximum atomic E-state index is 13.9. The van der Waals surface area contributed by atoms with E-state index in [2.05, 4.69) is 15.5 Å². The van der Waals surface area contributed by atoms with Crippen LogP contribution in [0.5, 0.6) is 0 Å². The molecule has 0 bridgehead atoms. The minimum absolute atomic E-state index is 0.0199. The number of aliphatic hydroxyl groups is 1. The largest absolute Gasteiger partial charge is 0.395 e. The molecule has 0 spiro atoms. The zero-order chi connectivity index (χ0) is 40.6. The minimum atomic E-state index is -0.616. The van der Waals surface area contributed by atoms with Crippen molar-refractivity contribution in [2.75, 3.05) is 107 Å². The van der Waals surface area contributed by atoms with Gasteiger partial charge in [-0.05, 0) is 31.7 Å². The van der Waals surface area contributed by atoms with E-state index < -0.39 is 30.2 Å².